The molecule has 0 aromatic carbocycles. The number of aliphatic carboxylic acids is 1. The van der Waals surface area contributed by atoms with Crippen molar-refractivity contribution in [1.82, 2.24) is 15.5 Å². The summed E-state index contributed by atoms with van der Waals surface area (Å²) < 4.78 is 4.91. The van der Waals surface area contributed by atoms with Gasteiger partial charge in [0.2, 0.25) is 0 Å². The second-order valence-corrected chi connectivity index (χ2v) is 4.48. The molecule has 0 aliphatic heterocycles. The SMILES string of the molecule is COCCN(C)CCNC(=O)NCC(C)(O)C(=O)O. The van der Waals surface area contributed by atoms with Crippen LogP contribution in [0.3, 0.4) is 0 Å². The summed E-state index contributed by atoms with van der Waals surface area (Å²) in [7, 11) is 3.52. The fourth-order valence-corrected chi connectivity index (χ4v) is 1.11. The maximum Gasteiger partial charge on any atom is 0.337 e. The Morgan fingerprint density at radius 3 is 2.47 bits per heavy atom. The zero-order valence-corrected chi connectivity index (χ0v) is 11.6. The maximum absolute atomic E-state index is 11.3. The molecule has 0 spiro atoms. The zero-order chi connectivity index (χ0) is 14.9. The normalized spacial score (nSPS) is 13.9. The van der Waals surface area contributed by atoms with Gasteiger partial charge >= 0.3 is 12.0 Å². The van der Waals surface area contributed by atoms with E-state index in [0.717, 1.165) is 13.5 Å². The van der Waals surface area contributed by atoms with Gasteiger partial charge in [-0.25, -0.2) is 9.59 Å². The van der Waals surface area contributed by atoms with E-state index in [-0.39, 0.29) is 6.54 Å². The fourth-order valence-electron chi connectivity index (χ4n) is 1.11. The molecule has 0 bridgehead atoms. The van der Waals surface area contributed by atoms with Crippen molar-refractivity contribution in [2.24, 2.45) is 0 Å². The van der Waals surface area contributed by atoms with Gasteiger partial charge in [0, 0.05) is 26.7 Å². The molecule has 0 heterocycles. The van der Waals surface area contributed by atoms with Gasteiger partial charge in [-0.2, -0.15) is 0 Å². The molecule has 0 aliphatic carbocycles. The Morgan fingerprint density at radius 1 is 1.32 bits per heavy atom. The summed E-state index contributed by atoms with van der Waals surface area (Å²) in [5.41, 5.74) is -1.97. The maximum atomic E-state index is 11.3. The van der Waals surface area contributed by atoms with Gasteiger partial charge in [-0.1, -0.05) is 0 Å². The first-order valence-corrected chi connectivity index (χ1v) is 5.94. The molecule has 2 amide bonds. The predicted molar refractivity (Wildman–Crippen MR) is 69.0 cm³/mol. The molecule has 4 N–H and O–H groups in total. The van der Waals surface area contributed by atoms with Crippen molar-refractivity contribution in [2.45, 2.75) is 12.5 Å². The average Bonchev–Trinajstić information content (AvgIpc) is 2.33. The van der Waals surface area contributed by atoms with E-state index >= 15 is 0 Å². The summed E-state index contributed by atoms with van der Waals surface area (Å²) in [5.74, 6) is -1.38. The number of urea groups is 1. The lowest BCUT2D eigenvalue weighted by Crippen LogP contribution is -2.49. The van der Waals surface area contributed by atoms with Crippen molar-refractivity contribution >= 4 is 12.0 Å². The summed E-state index contributed by atoms with van der Waals surface area (Å²) in [6, 6.07) is -0.512. The van der Waals surface area contributed by atoms with Gasteiger partial charge in [0.05, 0.1) is 13.2 Å². The molecular weight excluding hydrogens is 254 g/mol. The van der Waals surface area contributed by atoms with Gasteiger partial charge < -0.3 is 30.5 Å². The summed E-state index contributed by atoms with van der Waals surface area (Å²) in [5, 5.41) is 22.9. The van der Waals surface area contributed by atoms with Crippen LogP contribution in [0, 0.1) is 0 Å². The second-order valence-electron chi connectivity index (χ2n) is 4.48. The van der Waals surface area contributed by atoms with E-state index in [4.69, 9.17) is 9.84 Å². The Bertz CT molecular complexity index is 296. The highest BCUT2D eigenvalue weighted by molar-refractivity contribution is 5.79. The summed E-state index contributed by atoms with van der Waals surface area (Å²) >= 11 is 0. The molecule has 0 rings (SSSR count). The number of carboxylic acid groups (broad SMARTS) is 1. The van der Waals surface area contributed by atoms with Crippen LogP contribution >= 0.6 is 0 Å². The largest absolute Gasteiger partial charge is 0.479 e. The number of amides is 2. The third-order valence-electron chi connectivity index (χ3n) is 2.51. The van der Waals surface area contributed by atoms with Crippen LogP contribution in [0.4, 0.5) is 4.79 Å². The molecular formula is C11H23N3O5. The lowest BCUT2D eigenvalue weighted by Gasteiger charge is -2.19. The standard InChI is InChI=1S/C11H23N3O5/c1-11(18,9(15)16)8-13-10(17)12-4-5-14(2)6-7-19-3/h18H,4-8H2,1-3H3,(H,15,16)(H2,12,13,17). The molecule has 0 aromatic rings. The van der Waals surface area contributed by atoms with Crippen molar-refractivity contribution in [3.8, 4) is 0 Å². The first kappa shape index (κ1) is 17.6. The first-order chi connectivity index (χ1) is 8.79. The summed E-state index contributed by atoms with van der Waals surface area (Å²) in [4.78, 5) is 23.9. The quantitative estimate of drug-likeness (QED) is 0.417. The number of hydrogen-bond donors (Lipinski definition) is 4. The monoisotopic (exact) mass is 277 g/mol. The Balaban J connectivity index is 3.74. The minimum atomic E-state index is -1.97. The molecule has 19 heavy (non-hydrogen) atoms. The Kier molecular flexibility index (Phi) is 8.05. The molecule has 0 fully saturated rings. The number of methoxy groups -OCH3 is 1. The number of carbonyl (C=O) groups excluding carboxylic acids is 1. The number of carboxylic acids is 1. The fraction of sp³-hybridized carbons (Fsp3) is 0.818. The average molecular weight is 277 g/mol. The van der Waals surface area contributed by atoms with E-state index in [1.807, 2.05) is 11.9 Å². The topological polar surface area (TPSA) is 111 Å². The van der Waals surface area contributed by atoms with E-state index in [1.54, 1.807) is 7.11 Å². The van der Waals surface area contributed by atoms with Crippen LogP contribution in [0.25, 0.3) is 0 Å². The number of aliphatic hydroxyl groups is 1. The van der Waals surface area contributed by atoms with Crippen LogP contribution in [-0.4, -0.2) is 79.7 Å². The molecule has 0 radical (unpaired) electrons. The Labute approximate surface area is 112 Å². The second kappa shape index (κ2) is 8.68. The lowest BCUT2D eigenvalue weighted by atomic mass is 10.1. The number of nitrogens with zero attached hydrogens (tertiary/aromatic N) is 1. The number of likely N-dealkylation sites (N-methyl/N-ethyl adjacent to an activating group) is 1. The number of rotatable bonds is 9. The Hall–Kier alpha value is -1.38. The summed E-state index contributed by atoms with van der Waals surface area (Å²) in [6.45, 7) is 3.20. The number of ether oxygens (including phenoxy) is 1. The van der Waals surface area contributed by atoms with E-state index < -0.39 is 17.6 Å². The molecule has 0 aromatic heterocycles. The number of hydrogen-bond acceptors (Lipinski definition) is 5. The molecule has 0 aliphatic rings. The summed E-state index contributed by atoms with van der Waals surface area (Å²) in [6.07, 6.45) is 0. The van der Waals surface area contributed by atoms with Gasteiger partial charge in [0.1, 0.15) is 0 Å². The van der Waals surface area contributed by atoms with Crippen molar-refractivity contribution in [2.75, 3.05) is 46.9 Å². The van der Waals surface area contributed by atoms with Crippen molar-refractivity contribution < 1.29 is 24.5 Å². The van der Waals surface area contributed by atoms with Crippen molar-refractivity contribution in [1.29, 1.82) is 0 Å². The van der Waals surface area contributed by atoms with Gasteiger partial charge in [-0.05, 0) is 14.0 Å². The lowest BCUT2D eigenvalue weighted by molar-refractivity contribution is -0.155. The van der Waals surface area contributed by atoms with Crippen LogP contribution in [0.5, 0.6) is 0 Å². The highest BCUT2D eigenvalue weighted by Gasteiger charge is 2.30. The molecule has 8 nitrogen and oxygen atoms in total. The van der Waals surface area contributed by atoms with Crippen LogP contribution < -0.4 is 10.6 Å². The van der Waals surface area contributed by atoms with Crippen molar-refractivity contribution in [3.63, 3.8) is 0 Å². The molecule has 0 saturated carbocycles. The zero-order valence-electron chi connectivity index (χ0n) is 11.6. The minimum Gasteiger partial charge on any atom is -0.479 e. The first-order valence-electron chi connectivity index (χ1n) is 5.94. The van der Waals surface area contributed by atoms with Crippen molar-refractivity contribution in [3.05, 3.63) is 0 Å². The third-order valence-corrected chi connectivity index (χ3v) is 2.51. The van der Waals surface area contributed by atoms with Gasteiger partial charge in [-0.3, -0.25) is 0 Å². The number of nitrogens with one attached hydrogen (secondary N) is 2. The van der Waals surface area contributed by atoms with Crippen LogP contribution in [-0.2, 0) is 9.53 Å². The molecule has 1 atom stereocenters. The minimum absolute atomic E-state index is 0.353. The van der Waals surface area contributed by atoms with Crippen LogP contribution in [0.15, 0.2) is 0 Å². The number of carbonyl (C=O) groups is 2. The molecule has 1 unspecified atom stereocenters. The van der Waals surface area contributed by atoms with E-state index in [0.29, 0.717) is 19.7 Å². The predicted octanol–water partition coefficient (Wildman–Crippen LogP) is -1.30. The van der Waals surface area contributed by atoms with E-state index in [1.165, 1.54) is 0 Å². The van der Waals surface area contributed by atoms with E-state index in [2.05, 4.69) is 10.6 Å². The van der Waals surface area contributed by atoms with Gasteiger partial charge in [0.15, 0.2) is 5.60 Å². The highest BCUT2D eigenvalue weighted by Crippen LogP contribution is 2.00. The molecule has 8 heteroatoms. The molecule has 112 valence electrons. The van der Waals surface area contributed by atoms with Crippen LogP contribution in [0.2, 0.25) is 0 Å². The highest BCUT2D eigenvalue weighted by atomic mass is 16.5. The Morgan fingerprint density at radius 2 is 1.95 bits per heavy atom. The molecule has 0 saturated heterocycles. The van der Waals surface area contributed by atoms with Gasteiger partial charge in [0.25, 0.3) is 0 Å². The van der Waals surface area contributed by atoms with E-state index in [9.17, 15) is 14.7 Å². The van der Waals surface area contributed by atoms with Gasteiger partial charge in [-0.15, -0.1) is 0 Å². The smallest absolute Gasteiger partial charge is 0.337 e. The third kappa shape index (κ3) is 8.36. The van der Waals surface area contributed by atoms with Crippen LogP contribution in [0.1, 0.15) is 6.92 Å².